The van der Waals surface area contributed by atoms with Gasteiger partial charge in [-0.3, -0.25) is 14.0 Å². The number of hydrogen-bond donors (Lipinski definition) is 1. The number of aryl methyl sites for hydroxylation is 2. The first-order chi connectivity index (χ1) is 16.3. The van der Waals surface area contributed by atoms with E-state index in [1.165, 1.54) is 18.2 Å². The second-order valence-corrected chi connectivity index (χ2v) is 7.91. The van der Waals surface area contributed by atoms with Crippen molar-refractivity contribution >= 4 is 17.4 Å². The predicted molar refractivity (Wildman–Crippen MR) is 121 cm³/mol. The van der Waals surface area contributed by atoms with E-state index in [-0.39, 0.29) is 30.8 Å². The van der Waals surface area contributed by atoms with Crippen LogP contribution >= 0.6 is 0 Å². The highest BCUT2D eigenvalue weighted by molar-refractivity contribution is 5.96. The molecule has 0 radical (unpaired) electrons. The van der Waals surface area contributed by atoms with Gasteiger partial charge in [-0.25, -0.2) is 13.8 Å². The van der Waals surface area contributed by atoms with Gasteiger partial charge in [0.25, 0.3) is 0 Å². The summed E-state index contributed by atoms with van der Waals surface area (Å²) in [5.41, 5.74) is 2.76. The van der Waals surface area contributed by atoms with Crippen LogP contribution in [0, 0.1) is 18.6 Å². The third-order valence-corrected chi connectivity index (χ3v) is 5.51. The molecule has 0 aliphatic carbocycles. The van der Waals surface area contributed by atoms with E-state index in [2.05, 4.69) is 4.98 Å². The molecule has 0 aliphatic rings. The number of pyridine rings is 1. The summed E-state index contributed by atoms with van der Waals surface area (Å²) in [5, 5.41) is 8.87. The second kappa shape index (κ2) is 9.82. The molecule has 34 heavy (non-hydrogen) atoms. The van der Waals surface area contributed by atoms with E-state index in [0.29, 0.717) is 34.8 Å². The number of rotatable bonds is 9. The van der Waals surface area contributed by atoms with Crippen molar-refractivity contribution in [2.45, 2.75) is 32.8 Å². The molecule has 0 spiro atoms. The van der Waals surface area contributed by atoms with Gasteiger partial charge in [-0.15, -0.1) is 0 Å². The van der Waals surface area contributed by atoms with Crippen LogP contribution in [-0.4, -0.2) is 26.2 Å². The normalized spacial score (nSPS) is 11.0. The average molecular weight is 464 g/mol. The van der Waals surface area contributed by atoms with Gasteiger partial charge in [-0.2, -0.15) is 0 Å². The Morgan fingerprint density at radius 2 is 1.68 bits per heavy atom. The number of hydrogen-bond acceptors (Lipinski definition) is 4. The summed E-state index contributed by atoms with van der Waals surface area (Å²) in [6.45, 7) is 1.41. The van der Waals surface area contributed by atoms with Gasteiger partial charge < -0.3 is 9.84 Å². The Labute approximate surface area is 194 Å². The number of carbonyl (C=O) groups is 2. The largest absolute Gasteiger partial charge is 0.485 e. The highest BCUT2D eigenvalue weighted by Gasteiger charge is 2.19. The Morgan fingerprint density at radius 3 is 2.35 bits per heavy atom. The zero-order valence-electron chi connectivity index (χ0n) is 18.4. The molecule has 4 aromatic rings. The van der Waals surface area contributed by atoms with Gasteiger partial charge in [0.1, 0.15) is 23.9 Å². The first-order valence-electron chi connectivity index (χ1n) is 10.7. The van der Waals surface area contributed by atoms with Crippen molar-refractivity contribution in [3.8, 4) is 5.75 Å². The van der Waals surface area contributed by atoms with Gasteiger partial charge >= 0.3 is 5.97 Å². The summed E-state index contributed by atoms with van der Waals surface area (Å²) < 4.78 is 35.2. The van der Waals surface area contributed by atoms with Crippen molar-refractivity contribution in [3.05, 3.63) is 101 Å². The summed E-state index contributed by atoms with van der Waals surface area (Å²) in [5.74, 6) is -2.09. The molecule has 174 valence electrons. The van der Waals surface area contributed by atoms with E-state index in [4.69, 9.17) is 9.84 Å². The van der Waals surface area contributed by atoms with Crippen LogP contribution in [0.25, 0.3) is 5.65 Å². The first kappa shape index (κ1) is 23.1. The third-order valence-electron chi connectivity index (χ3n) is 5.51. The minimum absolute atomic E-state index is 0.0474. The number of aliphatic carboxylic acids is 1. The van der Waals surface area contributed by atoms with Crippen molar-refractivity contribution in [1.29, 1.82) is 0 Å². The van der Waals surface area contributed by atoms with Crippen molar-refractivity contribution < 1.29 is 28.2 Å². The number of imidazole rings is 1. The smallest absolute Gasteiger partial charge is 0.307 e. The van der Waals surface area contributed by atoms with Crippen LogP contribution in [0.1, 0.15) is 39.3 Å². The van der Waals surface area contributed by atoms with Crippen molar-refractivity contribution in [1.82, 2.24) is 9.38 Å². The standard InChI is InChI=1S/C26H22F2N2O4/c1-16-25(22(31)12-11-17-7-9-18(10-8-17)14-24(32)33)30-13-3-6-23(26(30)29-16)34-15-19-20(27)4-2-5-21(19)28/h2-10,13H,11-12,14-15H2,1H3,(H,32,33). The number of carboxylic acids is 1. The number of ether oxygens (including phenoxy) is 1. The van der Waals surface area contributed by atoms with Crippen LogP contribution in [0.2, 0.25) is 0 Å². The maximum atomic E-state index is 13.9. The second-order valence-electron chi connectivity index (χ2n) is 7.91. The van der Waals surface area contributed by atoms with Crippen LogP contribution < -0.4 is 4.74 Å². The number of aromatic nitrogens is 2. The SMILES string of the molecule is Cc1nc2c(OCc3c(F)cccc3F)cccn2c1C(=O)CCc1ccc(CC(=O)O)cc1. The quantitative estimate of drug-likeness (QED) is 0.355. The zero-order chi connectivity index (χ0) is 24.2. The van der Waals surface area contributed by atoms with Gasteiger partial charge in [0, 0.05) is 12.6 Å². The molecule has 0 bridgehead atoms. The van der Waals surface area contributed by atoms with E-state index in [9.17, 15) is 18.4 Å². The summed E-state index contributed by atoms with van der Waals surface area (Å²) >= 11 is 0. The van der Waals surface area contributed by atoms with E-state index >= 15 is 0 Å². The minimum Gasteiger partial charge on any atom is -0.485 e. The Hall–Kier alpha value is -4.07. The molecule has 1 N–H and O–H groups in total. The maximum Gasteiger partial charge on any atom is 0.307 e. The lowest BCUT2D eigenvalue weighted by atomic mass is 10.0. The molecule has 2 heterocycles. The van der Waals surface area contributed by atoms with E-state index in [1.807, 2.05) is 12.1 Å². The summed E-state index contributed by atoms with van der Waals surface area (Å²) in [7, 11) is 0. The van der Waals surface area contributed by atoms with Crippen LogP contribution in [0.15, 0.2) is 60.8 Å². The lowest BCUT2D eigenvalue weighted by Crippen LogP contribution is -2.07. The summed E-state index contributed by atoms with van der Waals surface area (Å²) in [4.78, 5) is 28.3. The molecular weight excluding hydrogens is 442 g/mol. The maximum absolute atomic E-state index is 13.9. The lowest BCUT2D eigenvalue weighted by molar-refractivity contribution is -0.136. The van der Waals surface area contributed by atoms with Gasteiger partial charge in [0.2, 0.25) is 0 Å². The molecule has 8 heteroatoms. The van der Waals surface area contributed by atoms with Crippen molar-refractivity contribution in [2.24, 2.45) is 0 Å². The zero-order valence-corrected chi connectivity index (χ0v) is 18.4. The molecule has 2 aromatic carbocycles. The molecule has 0 amide bonds. The lowest BCUT2D eigenvalue weighted by Gasteiger charge is -2.09. The molecule has 0 aliphatic heterocycles. The number of nitrogens with zero attached hydrogens (tertiary/aromatic N) is 2. The first-order valence-corrected chi connectivity index (χ1v) is 10.7. The number of fused-ring (bicyclic) bond motifs is 1. The molecule has 4 rings (SSSR count). The molecule has 0 atom stereocenters. The Morgan fingerprint density at radius 1 is 1.00 bits per heavy atom. The van der Waals surface area contributed by atoms with Crippen molar-refractivity contribution in [2.75, 3.05) is 0 Å². The molecule has 0 saturated carbocycles. The van der Waals surface area contributed by atoms with Gasteiger partial charge in [0.15, 0.2) is 17.2 Å². The highest BCUT2D eigenvalue weighted by atomic mass is 19.1. The number of benzene rings is 2. The molecule has 0 fully saturated rings. The fraction of sp³-hybridized carbons (Fsp3) is 0.192. The summed E-state index contributed by atoms with van der Waals surface area (Å²) in [6.07, 6.45) is 2.37. The topological polar surface area (TPSA) is 80.9 Å². The molecule has 0 saturated heterocycles. The Balaban J connectivity index is 1.50. The van der Waals surface area contributed by atoms with Gasteiger partial charge in [-0.05, 0) is 48.7 Å². The number of ketones is 1. The number of carbonyl (C=O) groups excluding carboxylic acids is 1. The van der Waals surface area contributed by atoms with Crippen LogP contribution in [0.3, 0.4) is 0 Å². The fourth-order valence-corrected chi connectivity index (χ4v) is 3.80. The van der Waals surface area contributed by atoms with Crippen LogP contribution in [0.4, 0.5) is 8.78 Å². The Bertz CT molecular complexity index is 1340. The van der Waals surface area contributed by atoms with Gasteiger partial charge in [0.05, 0.1) is 17.7 Å². The number of Topliss-reactive ketones (excluding diaryl/α,β-unsaturated/α-hetero) is 1. The van der Waals surface area contributed by atoms with E-state index in [1.54, 1.807) is 41.8 Å². The number of halogens is 2. The Kier molecular flexibility index (Phi) is 6.67. The van der Waals surface area contributed by atoms with Gasteiger partial charge in [-0.1, -0.05) is 30.3 Å². The monoisotopic (exact) mass is 464 g/mol. The predicted octanol–water partition coefficient (Wildman–Crippen LogP) is 4.94. The molecular formula is C26H22F2N2O4. The van der Waals surface area contributed by atoms with Crippen molar-refractivity contribution in [3.63, 3.8) is 0 Å². The van der Waals surface area contributed by atoms with E-state index < -0.39 is 17.6 Å². The molecule has 2 aromatic heterocycles. The highest BCUT2D eigenvalue weighted by Crippen LogP contribution is 2.25. The molecule has 6 nitrogen and oxygen atoms in total. The summed E-state index contributed by atoms with van der Waals surface area (Å²) in [6, 6.07) is 14.1. The average Bonchev–Trinajstić information content (AvgIpc) is 3.14. The number of carboxylic acid groups (broad SMARTS) is 1. The van der Waals surface area contributed by atoms with E-state index in [0.717, 1.165) is 5.56 Å². The minimum atomic E-state index is -0.895. The van der Waals surface area contributed by atoms with Crippen LogP contribution in [0.5, 0.6) is 5.75 Å². The third kappa shape index (κ3) is 4.96. The van der Waals surface area contributed by atoms with Crippen LogP contribution in [-0.2, 0) is 24.2 Å². The molecule has 0 unspecified atom stereocenters. The fourth-order valence-electron chi connectivity index (χ4n) is 3.80.